The minimum absolute atomic E-state index is 0.0130. The van der Waals surface area contributed by atoms with E-state index in [2.05, 4.69) is 10.2 Å². The molecule has 1 aromatic heterocycles. The molecule has 1 N–H and O–H groups in total. The number of piperidine rings is 3. The maximum atomic E-state index is 12.1. The van der Waals surface area contributed by atoms with Crippen LogP contribution in [0.3, 0.4) is 0 Å². The van der Waals surface area contributed by atoms with Crippen molar-refractivity contribution in [2.24, 2.45) is 5.92 Å². The first kappa shape index (κ1) is 12.6. The first-order chi connectivity index (χ1) is 9.13. The fraction of sp³-hybridized carbons (Fsp3) is 0.583. The van der Waals surface area contributed by atoms with E-state index in [0.717, 1.165) is 43.8 Å². The molecule has 2 bridgehead atoms. The number of rotatable bonds is 3. The second kappa shape index (κ2) is 4.90. The Morgan fingerprint density at radius 1 is 1.42 bits per heavy atom. The molecule has 1 aromatic rings. The van der Waals surface area contributed by atoms with Gasteiger partial charge in [-0.15, -0.1) is 0 Å². The molecule has 102 valence electrons. The topological polar surface area (TPSA) is 75.5 Å². The highest BCUT2D eigenvalue weighted by atomic mass is 32.1. The molecule has 1 amide bonds. The number of nitro groups is 1. The van der Waals surface area contributed by atoms with Crippen LogP contribution >= 0.6 is 11.3 Å². The van der Waals surface area contributed by atoms with Gasteiger partial charge in [-0.25, -0.2) is 0 Å². The summed E-state index contributed by atoms with van der Waals surface area (Å²) in [7, 11) is 0. The van der Waals surface area contributed by atoms with Gasteiger partial charge in [-0.3, -0.25) is 14.9 Å². The molecule has 3 fully saturated rings. The van der Waals surface area contributed by atoms with Crippen LogP contribution in [0.4, 0.5) is 5.00 Å². The van der Waals surface area contributed by atoms with Gasteiger partial charge in [0.1, 0.15) is 0 Å². The average molecular weight is 280 g/mol. The van der Waals surface area contributed by atoms with Gasteiger partial charge in [-0.05, 0) is 37.9 Å². The minimum Gasteiger partial charge on any atom is -0.347 e. The molecule has 0 spiro atoms. The van der Waals surface area contributed by atoms with E-state index in [1.165, 1.54) is 12.1 Å². The molecule has 0 unspecified atom stereocenters. The third-order valence-electron chi connectivity index (χ3n) is 3.97. The molecular weight excluding hydrogens is 265 g/mol. The zero-order valence-corrected chi connectivity index (χ0v) is 11.2. The van der Waals surface area contributed by atoms with E-state index in [1.807, 2.05) is 0 Å². The van der Waals surface area contributed by atoms with Crippen LogP contribution in [0.5, 0.6) is 0 Å². The predicted octanol–water partition coefficient (Wildman–Crippen LogP) is 1.48. The van der Waals surface area contributed by atoms with Crippen LogP contribution in [0.25, 0.3) is 0 Å². The SMILES string of the molecule is O=[11C](N[C@H]1CN2CCC1CC2)c1ccc([N+](=O)[O-])s1. The second-order valence-electron chi connectivity index (χ2n) is 5.11. The molecule has 0 aromatic carbocycles. The van der Waals surface area contributed by atoms with Gasteiger partial charge < -0.3 is 10.2 Å². The molecule has 1 atom stereocenters. The summed E-state index contributed by atoms with van der Waals surface area (Å²) in [5, 5.41) is 13.6. The fourth-order valence-corrected chi connectivity index (χ4v) is 3.64. The molecule has 19 heavy (non-hydrogen) atoms. The average Bonchev–Trinajstić information content (AvgIpc) is 2.90. The molecule has 4 rings (SSSR count). The zero-order valence-electron chi connectivity index (χ0n) is 10.4. The van der Waals surface area contributed by atoms with Crippen molar-refractivity contribution < 1.29 is 9.72 Å². The van der Waals surface area contributed by atoms with Crippen LogP contribution in [0.2, 0.25) is 0 Å². The maximum Gasteiger partial charge on any atom is 0.324 e. The van der Waals surface area contributed by atoms with Crippen LogP contribution < -0.4 is 5.32 Å². The fourth-order valence-electron chi connectivity index (χ4n) is 2.92. The van der Waals surface area contributed by atoms with E-state index in [1.54, 1.807) is 0 Å². The van der Waals surface area contributed by atoms with Crippen molar-refractivity contribution in [2.75, 3.05) is 19.6 Å². The smallest absolute Gasteiger partial charge is 0.324 e. The highest BCUT2D eigenvalue weighted by Crippen LogP contribution is 2.28. The van der Waals surface area contributed by atoms with E-state index in [9.17, 15) is 14.9 Å². The Kier molecular flexibility index (Phi) is 3.24. The molecule has 3 saturated heterocycles. The lowest BCUT2D eigenvalue weighted by atomic mass is 9.81. The number of hydrogen-bond donors (Lipinski definition) is 1. The third-order valence-corrected chi connectivity index (χ3v) is 5.00. The lowest BCUT2D eigenvalue weighted by molar-refractivity contribution is -0.380. The quantitative estimate of drug-likeness (QED) is 0.672. The van der Waals surface area contributed by atoms with Crippen molar-refractivity contribution >= 4 is 22.2 Å². The summed E-state index contributed by atoms with van der Waals surface area (Å²) >= 11 is 0.933. The molecule has 3 aliphatic rings. The molecule has 0 radical (unpaired) electrons. The molecule has 6 nitrogen and oxygen atoms in total. The highest BCUT2D eigenvalue weighted by molar-refractivity contribution is 7.17. The second-order valence-corrected chi connectivity index (χ2v) is 6.18. The largest absolute Gasteiger partial charge is 0.347 e. The number of nitrogens with zero attached hydrogens (tertiary/aromatic N) is 2. The van der Waals surface area contributed by atoms with E-state index in [-0.39, 0.29) is 17.0 Å². The van der Waals surface area contributed by atoms with Crippen molar-refractivity contribution in [3.05, 3.63) is 27.1 Å². The lowest BCUT2D eigenvalue weighted by Crippen LogP contribution is -2.57. The van der Waals surface area contributed by atoms with Gasteiger partial charge in [0, 0.05) is 18.7 Å². The van der Waals surface area contributed by atoms with Crippen molar-refractivity contribution in [3.63, 3.8) is 0 Å². The molecular formula is C12H15N3O3S. The molecule has 3 aliphatic heterocycles. The molecule has 4 heterocycles. The minimum atomic E-state index is -0.463. The number of amides is 1. The van der Waals surface area contributed by atoms with Gasteiger partial charge in [0.25, 0.3) is 5.91 Å². The van der Waals surface area contributed by atoms with Crippen molar-refractivity contribution in [1.82, 2.24) is 10.2 Å². The lowest BCUT2D eigenvalue weighted by Gasteiger charge is -2.44. The van der Waals surface area contributed by atoms with Crippen molar-refractivity contribution in [1.29, 1.82) is 0 Å². The van der Waals surface area contributed by atoms with Gasteiger partial charge >= 0.3 is 5.00 Å². The third kappa shape index (κ3) is 2.48. The summed E-state index contributed by atoms with van der Waals surface area (Å²) in [5.74, 6) is 0.376. The Bertz CT molecular complexity index is 508. The van der Waals surface area contributed by atoms with Crippen LogP contribution in [-0.2, 0) is 0 Å². The summed E-state index contributed by atoms with van der Waals surface area (Å²) in [5.41, 5.74) is 0. The van der Waals surface area contributed by atoms with Gasteiger partial charge in [0.2, 0.25) is 0 Å². The summed E-state index contributed by atoms with van der Waals surface area (Å²) in [6, 6.07) is 3.10. The van der Waals surface area contributed by atoms with E-state index < -0.39 is 4.92 Å². The van der Waals surface area contributed by atoms with Gasteiger partial charge in [-0.2, -0.15) is 0 Å². The van der Waals surface area contributed by atoms with Crippen molar-refractivity contribution in [2.45, 2.75) is 18.9 Å². The number of carbonyl (C=O) groups is 1. The maximum absolute atomic E-state index is 12.1. The predicted molar refractivity (Wildman–Crippen MR) is 71.4 cm³/mol. The number of fused-ring (bicyclic) bond motifs is 3. The van der Waals surface area contributed by atoms with Crippen molar-refractivity contribution in [3.8, 4) is 0 Å². The Labute approximate surface area is 114 Å². The van der Waals surface area contributed by atoms with Gasteiger partial charge in [0.05, 0.1) is 9.80 Å². The molecule has 0 aliphatic carbocycles. The highest BCUT2D eigenvalue weighted by Gasteiger charge is 2.35. The molecule has 0 saturated carbocycles. The Balaban J connectivity index is 1.66. The van der Waals surface area contributed by atoms with Crippen LogP contribution in [0.15, 0.2) is 12.1 Å². The van der Waals surface area contributed by atoms with E-state index >= 15 is 0 Å². The Hall–Kier alpha value is -1.47. The van der Waals surface area contributed by atoms with Crippen LogP contribution in [-0.4, -0.2) is 41.4 Å². The first-order valence-electron chi connectivity index (χ1n) is 6.41. The number of hydrogen-bond acceptors (Lipinski definition) is 5. The zero-order chi connectivity index (χ0) is 13.4. The van der Waals surface area contributed by atoms with E-state index in [4.69, 9.17) is 0 Å². The Morgan fingerprint density at radius 3 is 2.68 bits per heavy atom. The number of thiophene rings is 1. The standard InChI is InChI=1S/C12H15N3O3S/c16-12(10-1-2-11(19-10)15(17)18)13-9-7-14-5-3-8(9)4-6-14/h1-2,8-9H,3-7H2,(H,13,16)/t9-/m0/s1/i12-1. The van der Waals surface area contributed by atoms with Gasteiger partial charge in [-0.1, -0.05) is 11.3 Å². The normalized spacial score (nSPS) is 29.2. The summed E-state index contributed by atoms with van der Waals surface area (Å²) in [6.07, 6.45) is 2.27. The number of nitrogens with one attached hydrogen (secondary N) is 1. The van der Waals surface area contributed by atoms with E-state index in [0.29, 0.717) is 10.8 Å². The number of carbonyl (C=O) groups excluding carboxylic acids is 1. The first-order valence-corrected chi connectivity index (χ1v) is 7.22. The van der Waals surface area contributed by atoms with Gasteiger partial charge in [0.15, 0.2) is 0 Å². The summed E-state index contributed by atoms with van der Waals surface area (Å²) in [6.45, 7) is 3.16. The monoisotopic (exact) mass is 280 g/mol. The summed E-state index contributed by atoms with van der Waals surface area (Å²) in [4.78, 5) is 25.0. The molecule has 7 heteroatoms. The van der Waals surface area contributed by atoms with Crippen LogP contribution in [0.1, 0.15) is 22.5 Å². The van der Waals surface area contributed by atoms with Crippen LogP contribution in [0, 0.1) is 16.0 Å². The Morgan fingerprint density at radius 2 is 2.16 bits per heavy atom. The summed E-state index contributed by atoms with van der Waals surface area (Å²) < 4.78 is 0.